The number of benzene rings is 1. The Morgan fingerprint density at radius 3 is 2.73 bits per heavy atom. The van der Waals surface area contributed by atoms with Crippen LogP contribution in [-0.2, 0) is 6.42 Å². The van der Waals surface area contributed by atoms with Crippen molar-refractivity contribution >= 4 is 5.69 Å². The van der Waals surface area contributed by atoms with Crippen LogP contribution in [0.3, 0.4) is 0 Å². The fourth-order valence-corrected chi connectivity index (χ4v) is 1.25. The van der Waals surface area contributed by atoms with E-state index in [1.54, 1.807) is 13.0 Å². The number of phenolic OH excluding ortho intramolecular Hbond substituents is 1. The third-order valence-electron chi connectivity index (χ3n) is 2.09. The van der Waals surface area contributed by atoms with E-state index >= 15 is 0 Å². The maximum Gasteiger partial charge on any atom is 0.310 e. The van der Waals surface area contributed by atoms with Crippen molar-refractivity contribution in [3.05, 3.63) is 33.9 Å². The van der Waals surface area contributed by atoms with E-state index in [1.165, 1.54) is 12.1 Å². The van der Waals surface area contributed by atoms with E-state index in [1.807, 2.05) is 0 Å². The van der Waals surface area contributed by atoms with Crippen LogP contribution >= 0.6 is 0 Å². The van der Waals surface area contributed by atoms with E-state index < -0.39 is 11.0 Å². The molecular weight excluding hydrogens is 198 g/mol. The van der Waals surface area contributed by atoms with E-state index in [2.05, 4.69) is 0 Å². The number of hydrogen-bond donors (Lipinski definition) is 2. The number of rotatable bonds is 4. The molecule has 0 amide bonds. The smallest absolute Gasteiger partial charge is 0.310 e. The molecule has 0 aliphatic heterocycles. The molecule has 2 N–H and O–H groups in total. The quantitative estimate of drug-likeness (QED) is 0.585. The van der Waals surface area contributed by atoms with Crippen LogP contribution in [0.25, 0.3) is 0 Å². The maximum atomic E-state index is 10.5. The summed E-state index contributed by atoms with van der Waals surface area (Å²) in [6.45, 7) is 1.66. The lowest BCUT2D eigenvalue weighted by Gasteiger charge is -2.04. The molecule has 0 saturated carbocycles. The minimum atomic E-state index is -0.624. The Balaban J connectivity index is 2.83. The van der Waals surface area contributed by atoms with Crippen LogP contribution in [0.2, 0.25) is 0 Å². The van der Waals surface area contributed by atoms with E-state index in [4.69, 9.17) is 5.11 Å². The number of nitro groups is 1. The van der Waals surface area contributed by atoms with Crippen molar-refractivity contribution in [2.45, 2.75) is 25.9 Å². The zero-order chi connectivity index (χ0) is 11.4. The van der Waals surface area contributed by atoms with Crippen molar-refractivity contribution in [2.75, 3.05) is 0 Å². The van der Waals surface area contributed by atoms with Gasteiger partial charge in [0.15, 0.2) is 5.75 Å². The van der Waals surface area contributed by atoms with Gasteiger partial charge in [0.25, 0.3) is 0 Å². The van der Waals surface area contributed by atoms with Gasteiger partial charge in [-0.25, -0.2) is 0 Å². The Morgan fingerprint density at radius 1 is 1.53 bits per heavy atom. The third-order valence-corrected chi connectivity index (χ3v) is 2.09. The molecule has 0 aliphatic rings. The summed E-state index contributed by atoms with van der Waals surface area (Å²) in [5.74, 6) is -0.333. The molecule has 15 heavy (non-hydrogen) atoms. The summed E-state index contributed by atoms with van der Waals surface area (Å²) in [6.07, 6.45) is 0.665. The average molecular weight is 211 g/mol. The summed E-state index contributed by atoms with van der Waals surface area (Å²) < 4.78 is 0. The summed E-state index contributed by atoms with van der Waals surface area (Å²) in [7, 11) is 0. The van der Waals surface area contributed by atoms with Gasteiger partial charge in [0.2, 0.25) is 0 Å². The predicted molar refractivity (Wildman–Crippen MR) is 54.8 cm³/mol. The lowest BCUT2D eigenvalue weighted by molar-refractivity contribution is -0.385. The highest BCUT2D eigenvalue weighted by Gasteiger charge is 2.13. The highest BCUT2D eigenvalue weighted by molar-refractivity contribution is 5.47. The Morgan fingerprint density at radius 2 is 2.20 bits per heavy atom. The molecule has 5 heteroatoms. The van der Waals surface area contributed by atoms with Gasteiger partial charge in [-0.2, -0.15) is 0 Å². The molecule has 0 saturated heterocycles. The van der Waals surface area contributed by atoms with Crippen LogP contribution in [-0.4, -0.2) is 21.2 Å². The normalized spacial score (nSPS) is 12.4. The number of aromatic hydroxyl groups is 1. The minimum absolute atomic E-state index is 0.293. The van der Waals surface area contributed by atoms with Crippen molar-refractivity contribution in [1.29, 1.82) is 0 Å². The average Bonchev–Trinajstić information content (AvgIpc) is 2.16. The second kappa shape index (κ2) is 4.75. The first-order chi connectivity index (χ1) is 7.00. The molecule has 0 aliphatic carbocycles. The van der Waals surface area contributed by atoms with Crippen molar-refractivity contribution in [3.63, 3.8) is 0 Å². The van der Waals surface area contributed by atoms with Crippen LogP contribution in [0.4, 0.5) is 5.69 Å². The Labute approximate surface area is 87.1 Å². The molecule has 1 atom stereocenters. The maximum absolute atomic E-state index is 10.5. The first kappa shape index (κ1) is 11.5. The molecule has 1 aromatic rings. The fraction of sp³-hybridized carbons (Fsp3) is 0.400. The van der Waals surface area contributed by atoms with E-state index in [9.17, 15) is 15.2 Å². The van der Waals surface area contributed by atoms with Crippen LogP contribution < -0.4 is 0 Å². The number of nitrogens with zero attached hydrogens (tertiary/aromatic N) is 1. The predicted octanol–water partition coefficient (Wildman–Crippen LogP) is 1.61. The van der Waals surface area contributed by atoms with E-state index in [0.717, 1.165) is 5.56 Å². The lowest BCUT2D eigenvalue weighted by Crippen LogP contribution is -2.01. The first-order valence-electron chi connectivity index (χ1n) is 4.65. The molecule has 0 radical (unpaired) electrons. The van der Waals surface area contributed by atoms with Gasteiger partial charge in [0, 0.05) is 6.07 Å². The largest absolute Gasteiger partial charge is 0.502 e. The molecule has 0 bridgehead atoms. The van der Waals surface area contributed by atoms with Crippen LogP contribution in [0.15, 0.2) is 18.2 Å². The Kier molecular flexibility index (Phi) is 3.62. The van der Waals surface area contributed by atoms with Crippen molar-refractivity contribution in [3.8, 4) is 5.75 Å². The SMILES string of the molecule is CC(O)CCc1ccc(O)c([N+](=O)[O-])c1. The number of nitro benzene ring substituents is 1. The summed E-state index contributed by atoms with van der Waals surface area (Å²) in [6, 6.07) is 4.25. The lowest BCUT2D eigenvalue weighted by atomic mass is 10.1. The van der Waals surface area contributed by atoms with Gasteiger partial charge in [-0.05, 0) is 31.4 Å². The van der Waals surface area contributed by atoms with Gasteiger partial charge in [-0.15, -0.1) is 0 Å². The molecule has 1 aromatic carbocycles. The van der Waals surface area contributed by atoms with Crippen molar-refractivity contribution < 1.29 is 15.1 Å². The molecule has 1 unspecified atom stereocenters. The number of phenols is 1. The number of aliphatic hydroxyl groups excluding tert-OH is 1. The van der Waals surface area contributed by atoms with E-state index in [-0.39, 0.29) is 11.4 Å². The Hall–Kier alpha value is -1.62. The molecule has 5 nitrogen and oxygen atoms in total. The molecular formula is C10H13NO4. The first-order valence-corrected chi connectivity index (χ1v) is 4.65. The Bertz CT molecular complexity index is 362. The summed E-state index contributed by atoms with van der Waals surface area (Å²) >= 11 is 0. The number of aliphatic hydroxyl groups is 1. The number of hydrogen-bond acceptors (Lipinski definition) is 4. The van der Waals surface area contributed by atoms with Crippen molar-refractivity contribution in [1.82, 2.24) is 0 Å². The number of aryl methyl sites for hydroxylation is 1. The highest BCUT2D eigenvalue weighted by atomic mass is 16.6. The molecule has 0 fully saturated rings. The van der Waals surface area contributed by atoms with Crippen LogP contribution in [0.1, 0.15) is 18.9 Å². The molecule has 0 heterocycles. The third kappa shape index (κ3) is 3.21. The molecule has 82 valence electrons. The van der Waals surface area contributed by atoms with Gasteiger partial charge < -0.3 is 10.2 Å². The van der Waals surface area contributed by atoms with Gasteiger partial charge in [0.1, 0.15) is 0 Å². The zero-order valence-electron chi connectivity index (χ0n) is 8.38. The van der Waals surface area contributed by atoms with E-state index in [0.29, 0.717) is 12.8 Å². The van der Waals surface area contributed by atoms with Gasteiger partial charge in [0.05, 0.1) is 11.0 Å². The topological polar surface area (TPSA) is 83.6 Å². The molecule has 0 aromatic heterocycles. The van der Waals surface area contributed by atoms with Crippen molar-refractivity contribution in [2.24, 2.45) is 0 Å². The van der Waals surface area contributed by atoms with Crippen LogP contribution in [0, 0.1) is 10.1 Å². The monoisotopic (exact) mass is 211 g/mol. The van der Waals surface area contributed by atoms with Gasteiger partial charge in [-0.3, -0.25) is 10.1 Å². The van der Waals surface area contributed by atoms with Gasteiger partial charge in [-0.1, -0.05) is 6.07 Å². The standard InChI is InChI=1S/C10H13NO4/c1-7(12)2-3-8-4-5-10(13)9(6-8)11(14)15/h4-7,12-13H,2-3H2,1H3. The second-order valence-electron chi connectivity index (χ2n) is 3.47. The fourth-order valence-electron chi connectivity index (χ4n) is 1.25. The molecule has 1 rings (SSSR count). The molecule has 0 spiro atoms. The van der Waals surface area contributed by atoms with Gasteiger partial charge >= 0.3 is 5.69 Å². The highest BCUT2D eigenvalue weighted by Crippen LogP contribution is 2.26. The minimum Gasteiger partial charge on any atom is -0.502 e. The van der Waals surface area contributed by atoms with Crippen LogP contribution in [0.5, 0.6) is 5.75 Å². The zero-order valence-corrected chi connectivity index (χ0v) is 8.38. The summed E-state index contributed by atoms with van der Waals surface area (Å²) in [5, 5.41) is 28.8. The second-order valence-corrected chi connectivity index (χ2v) is 3.47. The summed E-state index contributed by atoms with van der Waals surface area (Å²) in [5.41, 5.74) is 0.443. The summed E-state index contributed by atoms with van der Waals surface area (Å²) in [4.78, 5) is 9.88.